The highest BCUT2D eigenvalue weighted by molar-refractivity contribution is 6.31. The summed E-state index contributed by atoms with van der Waals surface area (Å²) < 4.78 is 5.01. The molecule has 0 fully saturated rings. The molecule has 5 nitrogen and oxygen atoms in total. The maximum Gasteiger partial charge on any atom is 0.224 e. The van der Waals surface area contributed by atoms with Gasteiger partial charge in [-0.15, -0.1) is 0 Å². The molecule has 0 aliphatic carbocycles. The normalized spacial score (nSPS) is 10.9. The van der Waals surface area contributed by atoms with Crippen LogP contribution in [-0.2, 0) is 9.53 Å². The number of carbonyl (C=O) groups is 1. The molecule has 6 heteroatoms. The Balaban J connectivity index is 2.26. The Kier molecular flexibility index (Phi) is 8.12. The van der Waals surface area contributed by atoms with Gasteiger partial charge in [0, 0.05) is 31.7 Å². The molecule has 0 unspecified atom stereocenters. The molecule has 1 aromatic carbocycles. The van der Waals surface area contributed by atoms with Gasteiger partial charge in [-0.2, -0.15) is 0 Å². The first-order valence-corrected chi connectivity index (χ1v) is 7.43. The quantitative estimate of drug-likeness (QED) is 0.543. The van der Waals surface area contributed by atoms with Crippen LogP contribution in [0.1, 0.15) is 19.3 Å². The van der Waals surface area contributed by atoms with E-state index in [1.807, 2.05) is 7.05 Å². The van der Waals surface area contributed by atoms with Gasteiger partial charge in [-0.1, -0.05) is 11.6 Å². The van der Waals surface area contributed by atoms with E-state index in [-0.39, 0.29) is 5.91 Å². The molecule has 118 valence electrons. The van der Waals surface area contributed by atoms with Crippen LogP contribution >= 0.6 is 11.6 Å². The highest BCUT2D eigenvalue weighted by Crippen LogP contribution is 2.23. The van der Waals surface area contributed by atoms with Gasteiger partial charge in [-0.05, 0) is 44.6 Å². The van der Waals surface area contributed by atoms with E-state index >= 15 is 0 Å². The molecule has 0 aromatic heterocycles. The summed E-state index contributed by atoms with van der Waals surface area (Å²) in [5, 5.41) is 3.34. The molecule has 0 heterocycles. The van der Waals surface area contributed by atoms with Gasteiger partial charge in [0.2, 0.25) is 5.91 Å². The number of hydrogen-bond acceptors (Lipinski definition) is 4. The fourth-order valence-corrected chi connectivity index (χ4v) is 2.12. The smallest absolute Gasteiger partial charge is 0.224 e. The summed E-state index contributed by atoms with van der Waals surface area (Å²) in [6, 6.07) is 5.04. The van der Waals surface area contributed by atoms with Crippen LogP contribution in [0.2, 0.25) is 5.02 Å². The summed E-state index contributed by atoms with van der Waals surface area (Å²) in [6.45, 7) is 2.61. The summed E-state index contributed by atoms with van der Waals surface area (Å²) in [5.41, 5.74) is 6.88. The minimum absolute atomic E-state index is 0.0470. The Morgan fingerprint density at radius 3 is 2.81 bits per heavy atom. The van der Waals surface area contributed by atoms with Crippen LogP contribution in [-0.4, -0.2) is 44.7 Å². The van der Waals surface area contributed by atoms with Crippen molar-refractivity contribution in [3.63, 3.8) is 0 Å². The van der Waals surface area contributed by atoms with Crippen LogP contribution in [0.15, 0.2) is 18.2 Å². The van der Waals surface area contributed by atoms with Crippen molar-refractivity contribution in [2.24, 2.45) is 0 Å². The molecule has 1 rings (SSSR count). The molecular formula is C15H24ClN3O2. The molecule has 0 bridgehead atoms. The molecule has 0 aliphatic heterocycles. The summed E-state index contributed by atoms with van der Waals surface area (Å²) in [7, 11) is 3.74. The van der Waals surface area contributed by atoms with Crippen molar-refractivity contribution in [2.45, 2.75) is 19.3 Å². The molecule has 0 aliphatic rings. The lowest BCUT2D eigenvalue weighted by molar-refractivity contribution is -0.116. The summed E-state index contributed by atoms with van der Waals surface area (Å²) in [6.07, 6.45) is 2.26. The van der Waals surface area contributed by atoms with E-state index in [4.69, 9.17) is 22.1 Å². The number of nitrogens with one attached hydrogen (secondary N) is 1. The van der Waals surface area contributed by atoms with Gasteiger partial charge in [0.15, 0.2) is 0 Å². The lowest BCUT2D eigenvalue weighted by Gasteiger charge is -2.16. The molecule has 0 atom stereocenters. The SMILES string of the molecule is COCCCN(C)CCCC(=O)Nc1cc(Cl)ccc1N. The summed E-state index contributed by atoms with van der Waals surface area (Å²) in [4.78, 5) is 14.1. The third-order valence-electron chi connectivity index (χ3n) is 3.12. The molecule has 0 saturated heterocycles. The van der Waals surface area contributed by atoms with Gasteiger partial charge >= 0.3 is 0 Å². The van der Waals surface area contributed by atoms with Crippen LogP contribution in [0.3, 0.4) is 0 Å². The van der Waals surface area contributed by atoms with Gasteiger partial charge in [0.25, 0.3) is 0 Å². The highest BCUT2D eigenvalue weighted by atomic mass is 35.5. The van der Waals surface area contributed by atoms with Crippen molar-refractivity contribution < 1.29 is 9.53 Å². The van der Waals surface area contributed by atoms with Gasteiger partial charge in [-0.25, -0.2) is 0 Å². The monoisotopic (exact) mass is 313 g/mol. The number of methoxy groups -OCH3 is 1. The lowest BCUT2D eigenvalue weighted by Crippen LogP contribution is -2.23. The fourth-order valence-electron chi connectivity index (χ4n) is 1.95. The first-order valence-electron chi connectivity index (χ1n) is 7.05. The third-order valence-corrected chi connectivity index (χ3v) is 3.36. The number of nitrogens with zero attached hydrogens (tertiary/aromatic N) is 1. The standard InChI is InChI=1S/C15H24ClN3O2/c1-19(9-4-10-21-2)8-3-5-15(20)18-14-11-12(16)6-7-13(14)17/h6-7,11H,3-5,8-10,17H2,1-2H3,(H,18,20). The average Bonchev–Trinajstić information content (AvgIpc) is 2.43. The molecule has 1 aromatic rings. The van der Waals surface area contributed by atoms with Crippen molar-refractivity contribution in [1.29, 1.82) is 0 Å². The second-order valence-electron chi connectivity index (χ2n) is 5.03. The maximum atomic E-state index is 11.9. The summed E-state index contributed by atoms with van der Waals surface area (Å²) in [5.74, 6) is -0.0470. The zero-order valence-corrected chi connectivity index (χ0v) is 13.4. The molecule has 21 heavy (non-hydrogen) atoms. The number of benzene rings is 1. The number of nitrogen functional groups attached to an aromatic ring is 1. The number of carbonyl (C=O) groups excluding carboxylic acids is 1. The third kappa shape index (κ3) is 7.32. The number of ether oxygens (including phenoxy) is 1. The Morgan fingerprint density at radius 2 is 2.10 bits per heavy atom. The molecule has 0 spiro atoms. The second-order valence-corrected chi connectivity index (χ2v) is 5.47. The topological polar surface area (TPSA) is 67.6 Å². The van der Waals surface area contributed by atoms with Crippen LogP contribution < -0.4 is 11.1 Å². The van der Waals surface area contributed by atoms with Crippen LogP contribution in [0.25, 0.3) is 0 Å². The molecule has 0 radical (unpaired) electrons. The van der Waals surface area contributed by atoms with Crippen molar-refractivity contribution in [3.05, 3.63) is 23.2 Å². The van der Waals surface area contributed by atoms with E-state index in [1.165, 1.54) is 0 Å². The maximum absolute atomic E-state index is 11.9. The number of hydrogen-bond donors (Lipinski definition) is 2. The van der Waals surface area contributed by atoms with Crippen LogP contribution in [0.5, 0.6) is 0 Å². The van der Waals surface area contributed by atoms with E-state index in [2.05, 4.69) is 10.2 Å². The highest BCUT2D eigenvalue weighted by Gasteiger charge is 2.07. The van der Waals surface area contributed by atoms with Crippen molar-refractivity contribution in [1.82, 2.24) is 4.90 Å². The first kappa shape index (κ1) is 17.8. The predicted octanol–water partition coefficient (Wildman–Crippen LogP) is 2.61. The van der Waals surface area contributed by atoms with Crippen molar-refractivity contribution in [3.8, 4) is 0 Å². The zero-order valence-electron chi connectivity index (χ0n) is 12.7. The van der Waals surface area contributed by atoms with Gasteiger partial charge < -0.3 is 20.7 Å². The minimum atomic E-state index is -0.0470. The number of amides is 1. The molecule has 0 saturated carbocycles. The van der Waals surface area contributed by atoms with Gasteiger partial charge in [-0.3, -0.25) is 4.79 Å². The number of anilines is 2. The van der Waals surface area contributed by atoms with E-state index in [0.717, 1.165) is 32.5 Å². The largest absolute Gasteiger partial charge is 0.397 e. The molecule has 1 amide bonds. The Morgan fingerprint density at radius 1 is 1.38 bits per heavy atom. The average molecular weight is 314 g/mol. The number of halogens is 1. The minimum Gasteiger partial charge on any atom is -0.397 e. The van der Waals surface area contributed by atoms with E-state index < -0.39 is 0 Å². The van der Waals surface area contributed by atoms with Gasteiger partial charge in [0.1, 0.15) is 0 Å². The Bertz CT molecular complexity index is 455. The van der Waals surface area contributed by atoms with Crippen LogP contribution in [0.4, 0.5) is 11.4 Å². The Labute approximate surface area is 131 Å². The fraction of sp³-hybridized carbons (Fsp3) is 0.533. The Hall–Kier alpha value is -1.30. The van der Waals surface area contributed by atoms with E-state index in [0.29, 0.717) is 22.8 Å². The summed E-state index contributed by atoms with van der Waals surface area (Å²) >= 11 is 5.88. The zero-order chi connectivity index (χ0) is 15.7. The first-order chi connectivity index (χ1) is 10.0. The van der Waals surface area contributed by atoms with Crippen LogP contribution in [0, 0.1) is 0 Å². The second kappa shape index (κ2) is 9.60. The van der Waals surface area contributed by atoms with E-state index in [1.54, 1.807) is 25.3 Å². The number of rotatable bonds is 9. The lowest BCUT2D eigenvalue weighted by atomic mass is 10.2. The number of nitrogens with two attached hydrogens (primary N) is 1. The van der Waals surface area contributed by atoms with Gasteiger partial charge in [0.05, 0.1) is 11.4 Å². The van der Waals surface area contributed by atoms with E-state index in [9.17, 15) is 4.79 Å². The van der Waals surface area contributed by atoms with Crippen molar-refractivity contribution in [2.75, 3.05) is 44.9 Å². The molecule has 3 N–H and O–H groups in total. The van der Waals surface area contributed by atoms with Crippen molar-refractivity contribution >= 4 is 28.9 Å². The molecular weight excluding hydrogens is 290 g/mol. The predicted molar refractivity (Wildman–Crippen MR) is 87.7 cm³/mol.